The van der Waals surface area contributed by atoms with E-state index in [-0.39, 0.29) is 11.9 Å². The third kappa shape index (κ3) is 3.96. The zero-order valence-electron chi connectivity index (χ0n) is 13.2. The largest absolute Gasteiger partial charge is 0.481 e. The van der Waals surface area contributed by atoms with E-state index in [1.54, 1.807) is 6.92 Å². The van der Waals surface area contributed by atoms with Gasteiger partial charge in [-0.05, 0) is 39.0 Å². The van der Waals surface area contributed by atoms with Gasteiger partial charge in [-0.25, -0.2) is 0 Å². The van der Waals surface area contributed by atoms with Crippen LogP contribution in [0.2, 0.25) is 0 Å². The summed E-state index contributed by atoms with van der Waals surface area (Å²) in [6.07, 6.45) is 6.92. The first kappa shape index (κ1) is 16.3. The lowest BCUT2D eigenvalue weighted by atomic mass is 9.89. The second kappa shape index (κ2) is 6.77. The molecule has 1 saturated carbocycles. The molecule has 21 heavy (non-hydrogen) atoms. The molecular formula is C16H28N2O3. The maximum absolute atomic E-state index is 12.3. The Kier molecular flexibility index (Phi) is 5.25. The summed E-state index contributed by atoms with van der Waals surface area (Å²) in [6, 6.07) is -0.241. The molecule has 2 aliphatic rings. The molecule has 1 amide bonds. The van der Waals surface area contributed by atoms with Gasteiger partial charge in [0.2, 0.25) is 5.91 Å². The maximum atomic E-state index is 12.3. The third-order valence-corrected chi connectivity index (χ3v) is 5.24. The zero-order chi connectivity index (χ0) is 15.5. The van der Waals surface area contributed by atoms with Crippen molar-refractivity contribution in [1.82, 2.24) is 10.2 Å². The van der Waals surface area contributed by atoms with Crippen LogP contribution in [0.1, 0.15) is 52.4 Å². The number of amides is 1. The Labute approximate surface area is 127 Å². The van der Waals surface area contributed by atoms with Crippen LogP contribution in [0.15, 0.2) is 0 Å². The molecule has 0 aromatic carbocycles. The van der Waals surface area contributed by atoms with Crippen molar-refractivity contribution in [2.75, 3.05) is 19.6 Å². The molecule has 2 unspecified atom stereocenters. The van der Waals surface area contributed by atoms with Gasteiger partial charge in [0, 0.05) is 19.6 Å². The van der Waals surface area contributed by atoms with Crippen LogP contribution in [0, 0.1) is 11.3 Å². The van der Waals surface area contributed by atoms with Crippen molar-refractivity contribution in [3.8, 4) is 0 Å². The van der Waals surface area contributed by atoms with E-state index in [0.717, 1.165) is 6.54 Å². The van der Waals surface area contributed by atoms with Crippen LogP contribution in [0.4, 0.5) is 0 Å². The molecule has 2 N–H and O–H groups in total. The fraction of sp³-hybridized carbons (Fsp3) is 0.875. The van der Waals surface area contributed by atoms with E-state index in [4.69, 9.17) is 0 Å². The van der Waals surface area contributed by atoms with E-state index in [0.29, 0.717) is 25.4 Å². The fourth-order valence-electron chi connectivity index (χ4n) is 3.45. The average Bonchev–Trinajstić information content (AvgIpc) is 2.89. The van der Waals surface area contributed by atoms with Crippen LogP contribution >= 0.6 is 0 Å². The third-order valence-electron chi connectivity index (χ3n) is 5.24. The van der Waals surface area contributed by atoms with Crippen molar-refractivity contribution in [2.45, 2.75) is 58.4 Å². The normalized spacial score (nSPS) is 29.2. The van der Waals surface area contributed by atoms with Crippen LogP contribution in [0.3, 0.4) is 0 Å². The second-order valence-corrected chi connectivity index (χ2v) is 7.01. The first-order chi connectivity index (χ1) is 9.92. The second-order valence-electron chi connectivity index (χ2n) is 7.01. The standard InChI is InChI=1S/C16H28N2O3/c1-12(18-9-8-16(2,11-18)15(20)21)14(19)17-10-13-6-4-3-5-7-13/h12-13H,3-11H2,1-2H3,(H,17,19)(H,20,21). The van der Waals surface area contributed by atoms with Gasteiger partial charge >= 0.3 is 5.97 Å². The van der Waals surface area contributed by atoms with Gasteiger partial charge in [-0.3, -0.25) is 14.5 Å². The lowest BCUT2D eigenvalue weighted by molar-refractivity contribution is -0.147. The van der Waals surface area contributed by atoms with Crippen molar-refractivity contribution in [3.05, 3.63) is 0 Å². The SMILES string of the molecule is CC(C(=O)NCC1CCCCC1)N1CCC(C)(C(=O)O)C1. The summed E-state index contributed by atoms with van der Waals surface area (Å²) in [5.41, 5.74) is -0.710. The molecule has 1 aliphatic carbocycles. The number of likely N-dealkylation sites (tertiary alicyclic amines) is 1. The van der Waals surface area contributed by atoms with E-state index >= 15 is 0 Å². The lowest BCUT2D eigenvalue weighted by Crippen LogP contribution is -2.46. The summed E-state index contributed by atoms with van der Waals surface area (Å²) in [4.78, 5) is 25.5. The van der Waals surface area contributed by atoms with Crippen LogP contribution < -0.4 is 5.32 Å². The van der Waals surface area contributed by atoms with Crippen molar-refractivity contribution < 1.29 is 14.7 Å². The lowest BCUT2D eigenvalue weighted by Gasteiger charge is -2.27. The maximum Gasteiger partial charge on any atom is 0.310 e. The number of carboxylic acid groups (broad SMARTS) is 1. The number of carbonyl (C=O) groups excluding carboxylic acids is 1. The molecule has 0 radical (unpaired) electrons. The van der Waals surface area contributed by atoms with Crippen molar-refractivity contribution in [2.24, 2.45) is 11.3 Å². The number of nitrogens with one attached hydrogen (secondary N) is 1. The number of carbonyl (C=O) groups is 2. The molecule has 5 nitrogen and oxygen atoms in total. The van der Waals surface area contributed by atoms with Gasteiger partial charge in [0.25, 0.3) is 0 Å². The predicted octanol–water partition coefficient (Wildman–Crippen LogP) is 1.87. The minimum absolute atomic E-state index is 0.0372. The summed E-state index contributed by atoms with van der Waals surface area (Å²) < 4.78 is 0. The zero-order valence-corrected chi connectivity index (χ0v) is 13.2. The molecule has 2 fully saturated rings. The number of nitrogens with zero attached hydrogens (tertiary/aromatic N) is 1. The summed E-state index contributed by atoms with van der Waals surface area (Å²) >= 11 is 0. The highest BCUT2D eigenvalue weighted by molar-refractivity contribution is 5.81. The molecule has 0 aromatic rings. The van der Waals surface area contributed by atoms with Gasteiger partial charge in [-0.2, -0.15) is 0 Å². The van der Waals surface area contributed by atoms with Gasteiger partial charge in [0.05, 0.1) is 11.5 Å². The van der Waals surface area contributed by atoms with Gasteiger partial charge in [0.1, 0.15) is 0 Å². The number of hydrogen-bond donors (Lipinski definition) is 2. The number of aliphatic carboxylic acids is 1. The molecule has 2 atom stereocenters. The Morgan fingerprint density at radius 1 is 1.33 bits per heavy atom. The molecule has 1 aliphatic heterocycles. The van der Waals surface area contributed by atoms with Gasteiger partial charge < -0.3 is 10.4 Å². The minimum atomic E-state index is -0.764. The molecule has 120 valence electrons. The van der Waals surface area contributed by atoms with Crippen molar-refractivity contribution in [3.63, 3.8) is 0 Å². The van der Waals surface area contributed by atoms with Gasteiger partial charge in [-0.15, -0.1) is 0 Å². The molecule has 1 saturated heterocycles. The quantitative estimate of drug-likeness (QED) is 0.812. The van der Waals surface area contributed by atoms with E-state index in [1.807, 2.05) is 11.8 Å². The van der Waals surface area contributed by atoms with E-state index in [1.165, 1.54) is 32.1 Å². The number of rotatable bonds is 5. The number of hydrogen-bond acceptors (Lipinski definition) is 3. The Morgan fingerprint density at radius 2 is 2.00 bits per heavy atom. The Balaban J connectivity index is 1.78. The van der Waals surface area contributed by atoms with Crippen LogP contribution in [-0.2, 0) is 9.59 Å². The summed E-state index contributed by atoms with van der Waals surface area (Å²) in [7, 11) is 0. The summed E-state index contributed by atoms with van der Waals surface area (Å²) in [5, 5.41) is 12.3. The highest BCUT2D eigenvalue weighted by Gasteiger charge is 2.42. The molecule has 0 bridgehead atoms. The first-order valence-corrected chi connectivity index (χ1v) is 8.17. The van der Waals surface area contributed by atoms with E-state index in [9.17, 15) is 14.7 Å². The van der Waals surface area contributed by atoms with Crippen molar-refractivity contribution in [1.29, 1.82) is 0 Å². The Hall–Kier alpha value is -1.10. The summed E-state index contributed by atoms with van der Waals surface area (Å²) in [5.74, 6) is -0.104. The van der Waals surface area contributed by atoms with Gasteiger partial charge in [0.15, 0.2) is 0 Å². The van der Waals surface area contributed by atoms with E-state index < -0.39 is 11.4 Å². The van der Waals surface area contributed by atoms with Crippen LogP contribution in [0.5, 0.6) is 0 Å². The molecule has 0 aromatic heterocycles. The molecule has 1 heterocycles. The molecular weight excluding hydrogens is 268 g/mol. The number of carboxylic acids is 1. The Morgan fingerprint density at radius 3 is 2.57 bits per heavy atom. The monoisotopic (exact) mass is 296 g/mol. The Bertz CT molecular complexity index is 393. The summed E-state index contributed by atoms with van der Waals surface area (Å²) in [6.45, 7) is 5.56. The average molecular weight is 296 g/mol. The van der Waals surface area contributed by atoms with Crippen molar-refractivity contribution >= 4 is 11.9 Å². The van der Waals surface area contributed by atoms with Gasteiger partial charge in [-0.1, -0.05) is 19.3 Å². The molecule has 0 spiro atoms. The topological polar surface area (TPSA) is 69.6 Å². The predicted molar refractivity (Wildman–Crippen MR) is 81.0 cm³/mol. The highest BCUT2D eigenvalue weighted by atomic mass is 16.4. The minimum Gasteiger partial charge on any atom is -0.481 e. The fourth-order valence-corrected chi connectivity index (χ4v) is 3.45. The van der Waals surface area contributed by atoms with Crippen LogP contribution in [-0.4, -0.2) is 47.6 Å². The highest BCUT2D eigenvalue weighted by Crippen LogP contribution is 2.31. The molecule has 5 heteroatoms. The molecule has 2 rings (SSSR count). The first-order valence-electron chi connectivity index (χ1n) is 8.17. The van der Waals surface area contributed by atoms with E-state index in [2.05, 4.69) is 5.32 Å². The smallest absolute Gasteiger partial charge is 0.310 e. The van der Waals surface area contributed by atoms with Crippen LogP contribution in [0.25, 0.3) is 0 Å².